The maximum Gasteiger partial charge on any atom is 0.287 e. The van der Waals surface area contributed by atoms with Gasteiger partial charge in [-0.1, -0.05) is 12.1 Å². The van der Waals surface area contributed by atoms with E-state index in [4.69, 9.17) is 0 Å². The number of aliphatic hydroxyl groups is 1. The normalized spacial score (nSPS) is 13.5. The molecule has 0 bridgehead atoms. The summed E-state index contributed by atoms with van der Waals surface area (Å²) < 4.78 is 12.8. The minimum Gasteiger partial charge on any atom is -0.386 e. The summed E-state index contributed by atoms with van der Waals surface area (Å²) in [6.45, 7) is 1.73. The SMILES string of the molecule is C[C@H](Nc1ccc([N+](=O)[O-])cn1)[C@H](O)c1ccc(F)cc1. The molecule has 0 saturated heterocycles. The van der Waals surface area contributed by atoms with Crippen LogP contribution in [-0.2, 0) is 0 Å². The molecule has 6 nitrogen and oxygen atoms in total. The topological polar surface area (TPSA) is 88.3 Å². The van der Waals surface area contributed by atoms with E-state index >= 15 is 0 Å². The van der Waals surface area contributed by atoms with Gasteiger partial charge in [0.1, 0.15) is 17.8 Å². The Morgan fingerprint density at radius 3 is 2.48 bits per heavy atom. The molecule has 0 aliphatic heterocycles. The van der Waals surface area contributed by atoms with Crippen molar-refractivity contribution in [2.45, 2.75) is 19.1 Å². The highest BCUT2D eigenvalue weighted by atomic mass is 19.1. The molecule has 0 aliphatic carbocycles. The predicted molar refractivity (Wildman–Crippen MR) is 75.3 cm³/mol. The van der Waals surface area contributed by atoms with Gasteiger partial charge in [0.05, 0.1) is 17.1 Å². The fourth-order valence-corrected chi connectivity index (χ4v) is 1.84. The highest BCUT2D eigenvalue weighted by Crippen LogP contribution is 2.20. The molecule has 0 unspecified atom stereocenters. The first-order valence-electron chi connectivity index (χ1n) is 6.28. The van der Waals surface area contributed by atoms with Crippen molar-refractivity contribution >= 4 is 11.5 Å². The van der Waals surface area contributed by atoms with Crippen LogP contribution >= 0.6 is 0 Å². The summed E-state index contributed by atoms with van der Waals surface area (Å²) in [7, 11) is 0. The zero-order valence-electron chi connectivity index (χ0n) is 11.2. The van der Waals surface area contributed by atoms with Crippen LogP contribution in [0.1, 0.15) is 18.6 Å². The first-order valence-corrected chi connectivity index (χ1v) is 6.28. The maximum absolute atomic E-state index is 12.8. The summed E-state index contributed by atoms with van der Waals surface area (Å²) in [6, 6.07) is 7.94. The smallest absolute Gasteiger partial charge is 0.287 e. The van der Waals surface area contributed by atoms with Crippen LogP contribution < -0.4 is 5.32 Å². The van der Waals surface area contributed by atoms with Gasteiger partial charge >= 0.3 is 0 Å². The van der Waals surface area contributed by atoms with Crippen molar-refractivity contribution in [3.63, 3.8) is 0 Å². The zero-order chi connectivity index (χ0) is 15.4. The van der Waals surface area contributed by atoms with E-state index < -0.39 is 17.1 Å². The van der Waals surface area contributed by atoms with Gasteiger partial charge in [-0.2, -0.15) is 0 Å². The van der Waals surface area contributed by atoms with Gasteiger partial charge in [-0.25, -0.2) is 9.37 Å². The molecule has 0 saturated carbocycles. The van der Waals surface area contributed by atoms with E-state index in [1.165, 1.54) is 36.4 Å². The zero-order valence-corrected chi connectivity index (χ0v) is 11.2. The number of nitro groups is 1. The number of hydrogen-bond donors (Lipinski definition) is 2. The summed E-state index contributed by atoms with van der Waals surface area (Å²) in [5, 5.41) is 23.6. The number of rotatable bonds is 5. The molecule has 1 heterocycles. The van der Waals surface area contributed by atoms with E-state index in [0.717, 1.165) is 6.20 Å². The first-order chi connectivity index (χ1) is 9.97. The summed E-state index contributed by atoms with van der Waals surface area (Å²) in [4.78, 5) is 13.9. The first kappa shape index (κ1) is 14.9. The molecule has 2 N–H and O–H groups in total. The lowest BCUT2D eigenvalue weighted by atomic mass is 10.0. The Balaban J connectivity index is 2.04. The minimum absolute atomic E-state index is 0.104. The molecule has 1 aromatic carbocycles. The van der Waals surface area contributed by atoms with Gasteiger partial charge in [-0.15, -0.1) is 0 Å². The molecule has 21 heavy (non-hydrogen) atoms. The molecule has 0 amide bonds. The lowest BCUT2D eigenvalue weighted by Gasteiger charge is -2.21. The van der Waals surface area contributed by atoms with Crippen LogP contribution in [-0.4, -0.2) is 21.1 Å². The second kappa shape index (κ2) is 6.27. The summed E-state index contributed by atoms with van der Waals surface area (Å²) in [5.41, 5.74) is 0.464. The molecular formula is C14H14FN3O3. The Morgan fingerprint density at radius 2 is 1.95 bits per heavy atom. The largest absolute Gasteiger partial charge is 0.386 e. The monoisotopic (exact) mass is 291 g/mol. The third-order valence-corrected chi connectivity index (χ3v) is 3.02. The van der Waals surface area contributed by atoms with Crippen molar-refractivity contribution in [3.8, 4) is 0 Å². The Kier molecular flexibility index (Phi) is 4.44. The predicted octanol–water partition coefficient (Wildman–Crippen LogP) is 2.66. The van der Waals surface area contributed by atoms with E-state index in [9.17, 15) is 19.6 Å². The molecule has 2 atom stereocenters. The Bertz CT molecular complexity index is 616. The van der Waals surface area contributed by atoms with Crippen LogP contribution in [0.5, 0.6) is 0 Å². The number of hydrogen-bond acceptors (Lipinski definition) is 5. The quantitative estimate of drug-likeness (QED) is 0.653. The average molecular weight is 291 g/mol. The number of aliphatic hydroxyl groups excluding tert-OH is 1. The van der Waals surface area contributed by atoms with E-state index in [-0.39, 0.29) is 11.5 Å². The number of aromatic nitrogens is 1. The highest BCUT2D eigenvalue weighted by molar-refractivity contribution is 5.41. The van der Waals surface area contributed by atoms with Crippen molar-refractivity contribution in [2.24, 2.45) is 0 Å². The number of anilines is 1. The van der Waals surface area contributed by atoms with E-state index in [1.54, 1.807) is 6.92 Å². The van der Waals surface area contributed by atoms with Gasteiger partial charge in [0, 0.05) is 6.07 Å². The minimum atomic E-state index is -0.859. The maximum atomic E-state index is 12.8. The second-order valence-corrected chi connectivity index (χ2v) is 4.59. The third kappa shape index (κ3) is 3.73. The van der Waals surface area contributed by atoms with Crippen LogP contribution in [0.15, 0.2) is 42.6 Å². The van der Waals surface area contributed by atoms with Gasteiger partial charge in [-0.05, 0) is 30.7 Å². The molecule has 0 radical (unpaired) electrons. The Labute approximate surface area is 120 Å². The van der Waals surface area contributed by atoms with Crippen LogP contribution in [0.2, 0.25) is 0 Å². The van der Waals surface area contributed by atoms with E-state index in [0.29, 0.717) is 11.4 Å². The van der Waals surface area contributed by atoms with Gasteiger partial charge in [0.25, 0.3) is 5.69 Å². The molecule has 7 heteroatoms. The van der Waals surface area contributed by atoms with E-state index in [1.807, 2.05) is 0 Å². The van der Waals surface area contributed by atoms with Crippen molar-refractivity contribution in [2.75, 3.05) is 5.32 Å². The number of nitrogens with one attached hydrogen (secondary N) is 1. The fourth-order valence-electron chi connectivity index (χ4n) is 1.84. The average Bonchev–Trinajstić information content (AvgIpc) is 2.47. The van der Waals surface area contributed by atoms with Gasteiger partial charge < -0.3 is 10.4 Å². The summed E-state index contributed by atoms with van der Waals surface area (Å²) in [5.74, 6) is 0.0397. The number of benzene rings is 1. The number of nitrogens with zero attached hydrogens (tertiary/aromatic N) is 2. The van der Waals surface area contributed by atoms with Crippen molar-refractivity contribution in [1.82, 2.24) is 4.98 Å². The number of halogens is 1. The van der Waals surface area contributed by atoms with E-state index in [2.05, 4.69) is 10.3 Å². The Morgan fingerprint density at radius 1 is 1.29 bits per heavy atom. The molecule has 0 spiro atoms. The standard InChI is InChI=1S/C14H14FN3O3/c1-9(14(19)10-2-4-11(15)5-3-10)17-13-7-6-12(8-16-13)18(20)21/h2-9,14,19H,1H3,(H,16,17)/t9-,14-/m0/s1. The molecular weight excluding hydrogens is 277 g/mol. The number of pyridine rings is 1. The summed E-state index contributed by atoms with van der Waals surface area (Å²) in [6.07, 6.45) is 0.280. The van der Waals surface area contributed by atoms with Crippen molar-refractivity contribution < 1.29 is 14.4 Å². The second-order valence-electron chi connectivity index (χ2n) is 4.59. The molecule has 2 rings (SSSR count). The van der Waals surface area contributed by atoms with Gasteiger partial charge in [-0.3, -0.25) is 10.1 Å². The Hall–Kier alpha value is -2.54. The van der Waals surface area contributed by atoms with Crippen molar-refractivity contribution in [1.29, 1.82) is 0 Å². The van der Waals surface area contributed by atoms with Crippen LogP contribution in [0, 0.1) is 15.9 Å². The van der Waals surface area contributed by atoms with Crippen molar-refractivity contribution in [3.05, 3.63) is 64.1 Å². The lowest BCUT2D eigenvalue weighted by Crippen LogP contribution is -2.24. The molecule has 0 aliphatic rings. The molecule has 1 aromatic heterocycles. The van der Waals surface area contributed by atoms with Gasteiger partial charge in [0.2, 0.25) is 0 Å². The van der Waals surface area contributed by atoms with Crippen LogP contribution in [0.4, 0.5) is 15.9 Å². The lowest BCUT2D eigenvalue weighted by molar-refractivity contribution is -0.385. The van der Waals surface area contributed by atoms with Crippen LogP contribution in [0.3, 0.4) is 0 Å². The molecule has 2 aromatic rings. The molecule has 0 fully saturated rings. The van der Waals surface area contributed by atoms with Gasteiger partial charge in [0.15, 0.2) is 0 Å². The highest BCUT2D eigenvalue weighted by Gasteiger charge is 2.17. The third-order valence-electron chi connectivity index (χ3n) is 3.02. The summed E-state index contributed by atoms with van der Waals surface area (Å²) >= 11 is 0. The molecule has 110 valence electrons. The van der Waals surface area contributed by atoms with Crippen LogP contribution in [0.25, 0.3) is 0 Å². The fraction of sp³-hybridized carbons (Fsp3) is 0.214.